The summed E-state index contributed by atoms with van der Waals surface area (Å²) in [6, 6.07) is 2.27. The van der Waals surface area contributed by atoms with Crippen LogP contribution in [-0.2, 0) is 0 Å². The lowest BCUT2D eigenvalue weighted by atomic mass is 10.2. The minimum absolute atomic E-state index is 0.247. The van der Waals surface area contributed by atoms with Gasteiger partial charge in [-0.1, -0.05) is 0 Å². The fraction of sp³-hybridized carbons (Fsp3) is 0.615. The molecule has 1 atom stereocenters. The molecule has 1 aliphatic rings. The molecule has 0 aliphatic carbocycles. The Morgan fingerprint density at radius 3 is 2.76 bits per heavy atom. The molecule has 114 valence electrons. The van der Waals surface area contributed by atoms with Crippen molar-refractivity contribution in [1.29, 1.82) is 0 Å². The number of anilines is 1. The van der Waals surface area contributed by atoms with E-state index in [1.54, 1.807) is 0 Å². The summed E-state index contributed by atoms with van der Waals surface area (Å²) < 4.78 is 1.48. The van der Waals surface area contributed by atoms with Gasteiger partial charge in [0.2, 0.25) is 0 Å². The summed E-state index contributed by atoms with van der Waals surface area (Å²) in [6.07, 6.45) is 0. The van der Waals surface area contributed by atoms with Crippen molar-refractivity contribution in [3.63, 3.8) is 0 Å². The second kappa shape index (κ2) is 5.45. The molecule has 8 nitrogen and oxygen atoms in total. The molecule has 1 saturated heterocycles. The monoisotopic (exact) mass is 291 g/mol. The zero-order valence-corrected chi connectivity index (χ0v) is 12.4. The molecular weight excluding hydrogens is 270 g/mol. The molecule has 1 fully saturated rings. The molecule has 1 aliphatic heterocycles. The van der Waals surface area contributed by atoms with Crippen LogP contribution >= 0.6 is 0 Å². The molecule has 1 unspecified atom stereocenters. The number of piperazine rings is 1. The quantitative estimate of drug-likeness (QED) is 0.768. The summed E-state index contributed by atoms with van der Waals surface area (Å²) in [4.78, 5) is 20.8. The number of aryl methyl sites for hydroxylation is 1. The summed E-state index contributed by atoms with van der Waals surface area (Å²) >= 11 is 0. The molecule has 0 saturated carbocycles. The number of H-pyrrole nitrogens is 1. The van der Waals surface area contributed by atoms with Gasteiger partial charge >= 0.3 is 5.69 Å². The molecule has 0 radical (unpaired) electrons. The Bertz CT molecular complexity index is 683. The predicted octanol–water partition coefficient (Wildman–Crippen LogP) is -0.805. The van der Waals surface area contributed by atoms with Crippen molar-refractivity contribution in [2.45, 2.75) is 19.9 Å². The number of aromatic amines is 1. The lowest BCUT2D eigenvalue weighted by Gasteiger charge is -2.38. The summed E-state index contributed by atoms with van der Waals surface area (Å²) in [7, 11) is 0. The topological polar surface area (TPSA) is 95.5 Å². The van der Waals surface area contributed by atoms with E-state index in [4.69, 9.17) is 5.73 Å². The van der Waals surface area contributed by atoms with Crippen LogP contribution in [0.1, 0.15) is 12.7 Å². The van der Waals surface area contributed by atoms with E-state index in [9.17, 15) is 4.79 Å². The highest BCUT2D eigenvalue weighted by Gasteiger charge is 2.22. The lowest BCUT2D eigenvalue weighted by Crippen LogP contribution is -2.51. The smallest absolute Gasteiger partial charge is 0.349 e. The zero-order valence-electron chi connectivity index (χ0n) is 12.4. The number of hydrogen-bond donors (Lipinski definition) is 2. The van der Waals surface area contributed by atoms with Crippen LogP contribution in [0.25, 0.3) is 5.65 Å². The Kier molecular flexibility index (Phi) is 3.64. The Morgan fingerprint density at radius 1 is 1.38 bits per heavy atom. The van der Waals surface area contributed by atoms with Gasteiger partial charge in [0.05, 0.1) is 0 Å². The van der Waals surface area contributed by atoms with Crippen LogP contribution in [0.3, 0.4) is 0 Å². The van der Waals surface area contributed by atoms with Crippen molar-refractivity contribution in [3.8, 4) is 0 Å². The Hall–Kier alpha value is -1.93. The maximum absolute atomic E-state index is 11.6. The molecular formula is C13H21N7O. The number of nitrogens with two attached hydrogens (primary N) is 1. The molecule has 3 heterocycles. The van der Waals surface area contributed by atoms with Gasteiger partial charge in [0.1, 0.15) is 11.6 Å². The first-order chi connectivity index (χ1) is 10.1. The lowest BCUT2D eigenvalue weighted by molar-refractivity contribution is 0.201. The first kappa shape index (κ1) is 14.0. The van der Waals surface area contributed by atoms with Gasteiger partial charge in [-0.3, -0.25) is 4.90 Å². The van der Waals surface area contributed by atoms with Gasteiger partial charge in [0.15, 0.2) is 5.65 Å². The maximum atomic E-state index is 11.6. The second-order valence-electron chi connectivity index (χ2n) is 5.49. The average molecular weight is 291 g/mol. The van der Waals surface area contributed by atoms with Crippen LogP contribution in [0.4, 0.5) is 5.82 Å². The summed E-state index contributed by atoms with van der Waals surface area (Å²) in [5.74, 6) is 1.53. The third-order valence-corrected chi connectivity index (χ3v) is 4.16. The zero-order chi connectivity index (χ0) is 15.0. The molecule has 0 bridgehead atoms. The third-order valence-electron chi connectivity index (χ3n) is 4.16. The molecule has 3 rings (SSSR count). The first-order valence-corrected chi connectivity index (χ1v) is 7.24. The highest BCUT2D eigenvalue weighted by molar-refractivity contribution is 5.51. The van der Waals surface area contributed by atoms with E-state index in [-0.39, 0.29) is 5.69 Å². The molecule has 0 amide bonds. The molecule has 0 spiro atoms. The van der Waals surface area contributed by atoms with Crippen LogP contribution in [0.2, 0.25) is 0 Å². The fourth-order valence-electron chi connectivity index (χ4n) is 2.79. The van der Waals surface area contributed by atoms with Gasteiger partial charge in [-0.05, 0) is 13.8 Å². The molecule has 2 aromatic rings. The van der Waals surface area contributed by atoms with Crippen LogP contribution < -0.4 is 16.3 Å². The van der Waals surface area contributed by atoms with Crippen molar-refractivity contribution in [2.75, 3.05) is 37.6 Å². The Morgan fingerprint density at radius 2 is 2.10 bits per heavy atom. The number of nitrogens with one attached hydrogen (secondary N) is 1. The van der Waals surface area contributed by atoms with E-state index in [0.717, 1.165) is 32.0 Å². The maximum Gasteiger partial charge on any atom is 0.349 e. The number of aromatic nitrogens is 4. The van der Waals surface area contributed by atoms with E-state index in [1.807, 2.05) is 13.0 Å². The van der Waals surface area contributed by atoms with Gasteiger partial charge in [-0.25, -0.2) is 19.3 Å². The van der Waals surface area contributed by atoms with Crippen LogP contribution in [-0.4, -0.2) is 63.2 Å². The molecule has 21 heavy (non-hydrogen) atoms. The van der Waals surface area contributed by atoms with E-state index < -0.39 is 0 Å². The Balaban J connectivity index is 1.81. The highest BCUT2D eigenvalue weighted by atomic mass is 16.1. The molecule has 0 aromatic carbocycles. The number of nitrogens with zero attached hydrogens (tertiary/aromatic N) is 5. The molecule has 8 heteroatoms. The molecule has 2 aromatic heterocycles. The fourth-order valence-corrected chi connectivity index (χ4v) is 2.79. The van der Waals surface area contributed by atoms with Crippen molar-refractivity contribution in [1.82, 2.24) is 24.5 Å². The highest BCUT2D eigenvalue weighted by Crippen LogP contribution is 2.16. The van der Waals surface area contributed by atoms with Crippen LogP contribution in [0, 0.1) is 6.92 Å². The standard InChI is InChI=1S/C13H21N7O/c1-9(8-14)18-3-5-19(6-4-18)11-7-12-16-17-13(21)20(12)10(2)15-11/h7,9H,3-6,8,14H2,1-2H3,(H,17,21). The van der Waals surface area contributed by atoms with E-state index in [2.05, 4.69) is 31.9 Å². The number of hydrogen-bond acceptors (Lipinski definition) is 6. The average Bonchev–Trinajstić information content (AvgIpc) is 2.88. The van der Waals surface area contributed by atoms with E-state index in [1.165, 1.54) is 4.40 Å². The minimum atomic E-state index is -0.247. The number of rotatable bonds is 3. The van der Waals surface area contributed by atoms with Gasteiger partial charge in [-0.15, -0.1) is 0 Å². The van der Waals surface area contributed by atoms with Crippen molar-refractivity contribution < 1.29 is 0 Å². The van der Waals surface area contributed by atoms with Crippen molar-refractivity contribution in [2.24, 2.45) is 5.73 Å². The van der Waals surface area contributed by atoms with Crippen LogP contribution in [0.15, 0.2) is 10.9 Å². The Labute approximate surface area is 122 Å². The van der Waals surface area contributed by atoms with Crippen molar-refractivity contribution >= 4 is 11.5 Å². The normalized spacial score (nSPS) is 18.3. The summed E-state index contributed by atoms with van der Waals surface area (Å²) in [5, 5.41) is 6.48. The van der Waals surface area contributed by atoms with E-state index in [0.29, 0.717) is 24.1 Å². The summed E-state index contributed by atoms with van der Waals surface area (Å²) in [6.45, 7) is 8.40. The third kappa shape index (κ3) is 2.52. The van der Waals surface area contributed by atoms with Crippen LogP contribution in [0.5, 0.6) is 0 Å². The second-order valence-corrected chi connectivity index (χ2v) is 5.49. The molecule has 3 N–H and O–H groups in total. The minimum Gasteiger partial charge on any atom is -0.354 e. The summed E-state index contributed by atoms with van der Waals surface area (Å²) in [5.41, 5.74) is 6.09. The predicted molar refractivity (Wildman–Crippen MR) is 80.6 cm³/mol. The first-order valence-electron chi connectivity index (χ1n) is 7.24. The number of fused-ring (bicyclic) bond motifs is 1. The van der Waals surface area contributed by atoms with Gasteiger partial charge < -0.3 is 10.6 Å². The van der Waals surface area contributed by atoms with Gasteiger partial charge in [0.25, 0.3) is 0 Å². The van der Waals surface area contributed by atoms with Gasteiger partial charge in [-0.2, -0.15) is 5.10 Å². The SMILES string of the molecule is Cc1nc(N2CCN(C(C)CN)CC2)cc2n[nH]c(=O)n12. The van der Waals surface area contributed by atoms with E-state index >= 15 is 0 Å². The van der Waals surface area contributed by atoms with Crippen molar-refractivity contribution in [3.05, 3.63) is 22.4 Å². The van der Waals surface area contributed by atoms with Gasteiger partial charge in [0, 0.05) is 44.8 Å². The largest absolute Gasteiger partial charge is 0.354 e.